The first-order valence-corrected chi connectivity index (χ1v) is 10.5. The van der Waals surface area contributed by atoms with E-state index in [4.69, 9.17) is 9.40 Å². The third-order valence-electron chi connectivity index (χ3n) is 6.53. The van der Waals surface area contributed by atoms with Gasteiger partial charge >= 0.3 is 0 Å². The van der Waals surface area contributed by atoms with E-state index in [0.717, 1.165) is 24.3 Å². The van der Waals surface area contributed by atoms with Gasteiger partial charge in [-0.25, -0.2) is 9.97 Å². The van der Waals surface area contributed by atoms with Crippen LogP contribution in [0.4, 0.5) is 5.69 Å². The van der Waals surface area contributed by atoms with Gasteiger partial charge in [-0.3, -0.25) is 9.36 Å². The lowest BCUT2D eigenvalue weighted by molar-refractivity contribution is 0.250. The summed E-state index contributed by atoms with van der Waals surface area (Å²) in [5, 5.41) is 0.633. The minimum Gasteiger partial charge on any atom is -0.434 e. The van der Waals surface area contributed by atoms with Crippen LogP contribution in [0.15, 0.2) is 51.7 Å². The van der Waals surface area contributed by atoms with E-state index in [0.29, 0.717) is 34.2 Å². The van der Waals surface area contributed by atoms with Gasteiger partial charge in [0.1, 0.15) is 5.52 Å². The van der Waals surface area contributed by atoms with Crippen LogP contribution in [0.25, 0.3) is 33.7 Å². The minimum atomic E-state index is -0.0815. The van der Waals surface area contributed by atoms with Crippen molar-refractivity contribution < 1.29 is 4.42 Å². The van der Waals surface area contributed by atoms with Crippen LogP contribution in [0, 0.1) is 0 Å². The molecule has 0 unspecified atom stereocenters. The van der Waals surface area contributed by atoms with Gasteiger partial charge in [-0.05, 0) is 43.2 Å². The molecule has 7 rings (SSSR count). The maximum atomic E-state index is 13.2. The Labute approximate surface area is 173 Å². The van der Waals surface area contributed by atoms with Crippen molar-refractivity contribution in [1.82, 2.24) is 19.4 Å². The van der Waals surface area contributed by atoms with Gasteiger partial charge < -0.3 is 14.2 Å². The summed E-state index contributed by atoms with van der Waals surface area (Å²) in [7, 11) is 1.73. The van der Waals surface area contributed by atoms with Crippen LogP contribution >= 0.6 is 0 Å². The smallest absolute Gasteiger partial charge is 0.264 e. The number of fused-ring (bicyclic) bond motifs is 6. The van der Waals surface area contributed by atoms with E-state index >= 15 is 0 Å². The molecule has 2 aromatic carbocycles. The molecule has 0 radical (unpaired) electrons. The van der Waals surface area contributed by atoms with Crippen LogP contribution in [-0.4, -0.2) is 51.7 Å². The average molecular weight is 401 g/mol. The summed E-state index contributed by atoms with van der Waals surface area (Å²) in [6, 6.07) is 14.2. The zero-order valence-electron chi connectivity index (χ0n) is 16.9. The monoisotopic (exact) mass is 401 g/mol. The number of benzene rings is 2. The maximum Gasteiger partial charge on any atom is 0.264 e. The second-order valence-corrected chi connectivity index (χ2v) is 8.25. The minimum absolute atomic E-state index is 0.0815. The van der Waals surface area contributed by atoms with E-state index in [-0.39, 0.29) is 5.56 Å². The van der Waals surface area contributed by atoms with Gasteiger partial charge in [0.25, 0.3) is 11.4 Å². The van der Waals surface area contributed by atoms with Gasteiger partial charge in [0, 0.05) is 45.0 Å². The Hall–Kier alpha value is -3.19. The number of nitrogens with zero attached hydrogens (tertiary/aromatic N) is 5. The standard InChI is InChI=1S/C23H23N5O2/c1-26-21(22-25-19-4-2-3-5-20(19)30-22)24-18-7-6-16(14-17(18)23(26)29)28-13-12-27-10-8-15(28)9-11-27/h2-7,14-15H,8-13H2,1H3. The fourth-order valence-corrected chi connectivity index (χ4v) is 4.82. The molecule has 0 spiro atoms. The van der Waals surface area contributed by atoms with Crippen molar-refractivity contribution >= 4 is 27.7 Å². The van der Waals surface area contributed by atoms with Gasteiger partial charge in [0.05, 0.1) is 10.9 Å². The lowest BCUT2D eigenvalue weighted by Crippen LogP contribution is -2.38. The third-order valence-corrected chi connectivity index (χ3v) is 6.53. The highest BCUT2D eigenvalue weighted by molar-refractivity contribution is 5.83. The second-order valence-electron chi connectivity index (χ2n) is 8.25. The van der Waals surface area contributed by atoms with Gasteiger partial charge in [-0.1, -0.05) is 12.1 Å². The molecule has 0 aliphatic carbocycles. The molecule has 3 aliphatic heterocycles. The molecule has 0 amide bonds. The summed E-state index contributed by atoms with van der Waals surface area (Å²) >= 11 is 0. The normalized spacial score (nSPS) is 21.4. The van der Waals surface area contributed by atoms with Crippen molar-refractivity contribution in [3.8, 4) is 11.7 Å². The van der Waals surface area contributed by atoms with Gasteiger partial charge in [-0.2, -0.15) is 0 Å². The van der Waals surface area contributed by atoms with Crippen LogP contribution in [-0.2, 0) is 7.05 Å². The van der Waals surface area contributed by atoms with Crippen LogP contribution in [0.1, 0.15) is 12.8 Å². The predicted octanol–water partition coefficient (Wildman–Crippen LogP) is 3.03. The van der Waals surface area contributed by atoms with Crippen LogP contribution in [0.3, 0.4) is 0 Å². The highest BCUT2D eigenvalue weighted by Crippen LogP contribution is 2.29. The van der Waals surface area contributed by atoms with Crippen LogP contribution < -0.4 is 10.5 Å². The van der Waals surface area contributed by atoms with Crippen molar-refractivity contribution in [2.75, 3.05) is 31.1 Å². The van der Waals surface area contributed by atoms with E-state index in [1.807, 2.05) is 36.4 Å². The molecular weight excluding hydrogens is 378 g/mol. The van der Waals surface area contributed by atoms with Crippen LogP contribution in [0.2, 0.25) is 0 Å². The quantitative estimate of drug-likeness (QED) is 0.514. The Balaban J connectivity index is 1.45. The number of hydrogen-bond donors (Lipinski definition) is 0. The molecule has 3 aliphatic rings. The number of aromatic nitrogens is 3. The number of piperidine rings is 1. The first-order chi connectivity index (χ1) is 14.7. The first-order valence-electron chi connectivity index (χ1n) is 10.5. The Morgan fingerprint density at radius 1 is 0.967 bits per heavy atom. The third kappa shape index (κ3) is 2.73. The van der Waals surface area contributed by atoms with Gasteiger partial charge in [0.2, 0.25) is 0 Å². The molecule has 5 heterocycles. The molecule has 0 atom stereocenters. The lowest BCUT2D eigenvalue weighted by Gasteiger charge is -2.33. The maximum absolute atomic E-state index is 13.2. The lowest BCUT2D eigenvalue weighted by atomic mass is 10.0. The molecule has 0 saturated carbocycles. The van der Waals surface area contributed by atoms with Gasteiger partial charge in [-0.15, -0.1) is 0 Å². The molecule has 152 valence electrons. The molecule has 2 bridgehead atoms. The zero-order valence-corrected chi connectivity index (χ0v) is 16.9. The zero-order chi connectivity index (χ0) is 20.2. The molecule has 3 fully saturated rings. The first kappa shape index (κ1) is 17.7. The van der Waals surface area contributed by atoms with Crippen LogP contribution in [0.5, 0.6) is 0 Å². The topological polar surface area (TPSA) is 67.4 Å². The Morgan fingerprint density at radius 2 is 1.80 bits per heavy atom. The Kier molecular flexibility index (Phi) is 3.92. The molecule has 30 heavy (non-hydrogen) atoms. The number of rotatable bonds is 2. The van der Waals surface area contributed by atoms with Crippen molar-refractivity contribution in [2.24, 2.45) is 7.05 Å². The second kappa shape index (κ2) is 6.67. The summed E-state index contributed by atoms with van der Waals surface area (Å²) in [5.74, 6) is 0.804. The molecule has 7 heteroatoms. The average Bonchev–Trinajstić information content (AvgIpc) is 2.98. The number of hydrogen-bond acceptors (Lipinski definition) is 6. The van der Waals surface area contributed by atoms with E-state index in [2.05, 4.69) is 20.9 Å². The van der Waals surface area contributed by atoms with Crippen molar-refractivity contribution in [2.45, 2.75) is 18.9 Å². The van der Waals surface area contributed by atoms with E-state index < -0.39 is 0 Å². The largest absolute Gasteiger partial charge is 0.434 e. The molecule has 3 saturated heterocycles. The summed E-state index contributed by atoms with van der Waals surface area (Å²) in [6.07, 6.45) is 2.37. The summed E-state index contributed by atoms with van der Waals surface area (Å²) in [6.45, 7) is 4.43. The molecule has 7 nitrogen and oxygen atoms in total. The number of oxazole rings is 1. The van der Waals surface area contributed by atoms with Crippen molar-refractivity contribution in [3.05, 3.63) is 52.8 Å². The summed E-state index contributed by atoms with van der Waals surface area (Å²) in [4.78, 5) is 27.5. The molecule has 0 N–H and O–H groups in total. The molecular formula is C23H23N5O2. The summed E-state index contributed by atoms with van der Waals surface area (Å²) in [5.41, 5.74) is 3.14. The Bertz CT molecular complexity index is 1280. The number of para-hydroxylation sites is 2. The molecule has 2 aromatic heterocycles. The number of anilines is 1. The SMILES string of the molecule is Cn1c(-c2nc3ccccc3o2)nc2ccc(N3CCN4CCC3CC4)cc2c1=O. The van der Waals surface area contributed by atoms with Crippen molar-refractivity contribution in [1.29, 1.82) is 0 Å². The Morgan fingerprint density at radius 3 is 2.63 bits per heavy atom. The van der Waals surface area contributed by atoms with Gasteiger partial charge in [0.15, 0.2) is 11.4 Å². The molecule has 4 aromatic rings. The fraction of sp³-hybridized carbons (Fsp3) is 0.348. The van der Waals surface area contributed by atoms with E-state index in [1.165, 1.54) is 30.5 Å². The summed E-state index contributed by atoms with van der Waals surface area (Å²) < 4.78 is 7.40. The fourth-order valence-electron chi connectivity index (χ4n) is 4.82. The van der Waals surface area contributed by atoms with Crippen molar-refractivity contribution in [3.63, 3.8) is 0 Å². The van der Waals surface area contributed by atoms with E-state index in [9.17, 15) is 4.79 Å². The highest BCUT2D eigenvalue weighted by Gasteiger charge is 2.29. The van der Waals surface area contributed by atoms with E-state index in [1.54, 1.807) is 7.05 Å². The predicted molar refractivity (Wildman–Crippen MR) is 117 cm³/mol. The highest BCUT2D eigenvalue weighted by atomic mass is 16.3.